The molecule has 0 saturated carbocycles. The van der Waals surface area contributed by atoms with E-state index in [2.05, 4.69) is 5.32 Å². The molecule has 5 heteroatoms. The number of benzene rings is 1. The van der Waals surface area contributed by atoms with Gasteiger partial charge in [0.25, 0.3) is 0 Å². The normalized spacial score (nSPS) is 14.9. The number of nitrogens with one attached hydrogen (secondary N) is 1. The molecule has 4 nitrogen and oxygen atoms in total. The standard InChI is InChI=1S/C13H15NO3S/c1-13(2,6-12(16)17)8-3-4-9-10(5-8)18-7-11(15)14-9/h3-5H,6-7H2,1-2H3,(H,14,15)(H,16,17). The first-order chi connectivity index (χ1) is 8.38. The topological polar surface area (TPSA) is 66.4 Å². The summed E-state index contributed by atoms with van der Waals surface area (Å²) in [5, 5.41) is 11.7. The highest BCUT2D eigenvalue weighted by molar-refractivity contribution is 8.00. The average molecular weight is 265 g/mol. The average Bonchev–Trinajstić information content (AvgIpc) is 2.26. The van der Waals surface area contributed by atoms with Crippen LogP contribution in [0, 0.1) is 0 Å². The number of carboxylic acids is 1. The molecule has 1 aliphatic rings. The van der Waals surface area contributed by atoms with Crippen LogP contribution >= 0.6 is 11.8 Å². The van der Waals surface area contributed by atoms with Gasteiger partial charge in [-0.1, -0.05) is 19.9 Å². The van der Waals surface area contributed by atoms with Crippen molar-refractivity contribution in [2.75, 3.05) is 11.1 Å². The molecular formula is C13H15NO3S. The van der Waals surface area contributed by atoms with Gasteiger partial charge in [-0.05, 0) is 17.7 Å². The van der Waals surface area contributed by atoms with E-state index in [1.165, 1.54) is 11.8 Å². The van der Waals surface area contributed by atoms with E-state index in [1.807, 2.05) is 32.0 Å². The Kier molecular flexibility index (Phi) is 3.34. The number of amides is 1. The van der Waals surface area contributed by atoms with Crippen LogP contribution in [0.4, 0.5) is 5.69 Å². The van der Waals surface area contributed by atoms with Gasteiger partial charge in [-0.25, -0.2) is 0 Å². The molecule has 0 saturated heterocycles. The Morgan fingerprint density at radius 3 is 2.89 bits per heavy atom. The summed E-state index contributed by atoms with van der Waals surface area (Å²) >= 11 is 1.49. The van der Waals surface area contributed by atoms with Gasteiger partial charge in [-0.3, -0.25) is 9.59 Å². The van der Waals surface area contributed by atoms with Crippen LogP contribution in [0.1, 0.15) is 25.8 Å². The van der Waals surface area contributed by atoms with Crippen molar-refractivity contribution in [3.8, 4) is 0 Å². The minimum atomic E-state index is -0.807. The van der Waals surface area contributed by atoms with Crippen LogP contribution in [0.3, 0.4) is 0 Å². The number of carbonyl (C=O) groups excluding carboxylic acids is 1. The zero-order valence-corrected chi connectivity index (χ0v) is 11.1. The fourth-order valence-electron chi connectivity index (χ4n) is 1.98. The van der Waals surface area contributed by atoms with Crippen LogP contribution in [-0.4, -0.2) is 22.7 Å². The van der Waals surface area contributed by atoms with Crippen molar-refractivity contribution in [3.63, 3.8) is 0 Å². The lowest BCUT2D eigenvalue weighted by Gasteiger charge is -2.25. The van der Waals surface area contributed by atoms with Crippen molar-refractivity contribution in [1.29, 1.82) is 0 Å². The van der Waals surface area contributed by atoms with Crippen LogP contribution < -0.4 is 5.32 Å². The molecule has 0 aliphatic carbocycles. The van der Waals surface area contributed by atoms with Crippen LogP contribution in [-0.2, 0) is 15.0 Å². The number of rotatable bonds is 3. The van der Waals surface area contributed by atoms with Gasteiger partial charge in [0.05, 0.1) is 17.9 Å². The second-order valence-electron chi connectivity index (χ2n) is 5.00. The van der Waals surface area contributed by atoms with E-state index in [0.717, 1.165) is 16.1 Å². The summed E-state index contributed by atoms with van der Waals surface area (Å²) in [6.45, 7) is 3.82. The summed E-state index contributed by atoms with van der Waals surface area (Å²) in [6, 6.07) is 5.70. The molecule has 0 aromatic heterocycles. The van der Waals surface area contributed by atoms with Crippen LogP contribution in [0.25, 0.3) is 0 Å². The predicted molar refractivity (Wildman–Crippen MR) is 71.1 cm³/mol. The van der Waals surface area contributed by atoms with Crippen molar-refractivity contribution < 1.29 is 14.7 Å². The van der Waals surface area contributed by atoms with Crippen LogP contribution in [0.2, 0.25) is 0 Å². The molecule has 0 bridgehead atoms. The van der Waals surface area contributed by atoms with E-state index in [1.54, 1.807) is 0 Å². The molecule has 2 rings (SSSR count). The minimum Gasteiger partial charge on any atom is -0.481 e. The number of carbonyl (C=O) groups is 2. The van der Waals surface area contributed by atoms with Crippen molar-refractivity contribution in [1.82, 2.24) is 0 Å². The van der Waals surface area contributed by atoms with Gasteiger partial charge in [-0.15, -0.1) is 11.8 Å². The molecule has 96 valence electrons. The number of anilines is 1. The quantitative estimate of drug-likeness (QED) is 0.881. The van der Waals surface area contributed by atoms with Gasteiger partial charge >= 0.3 is 5.97 Å². The maximum atomic E-state index is 11.2. The first-order valence-electron chi connectivity index (χ1n) is 5.67. The Morgan fingerprint density at radius 1 is 1.50 bits per heavy atom. The fourth-order valence-corrected chi connectivity index (χ4v) is 2.82. The smallest absolute Gasteiger partial charge is 0.304 e. The van der Waals surface area contributed by atoms with Gasteiger partial charge in [0.1, 0.15) is 0 Å². The maximum absolute atomic E-state index is 11.2. The van der Waals surface area contributed by atoms with Gasteiger partial charge in [0, 0.05) is 10.3 Å². The lowest BCUT2D eigenvalue weighted by Crippen LogP contribution is -2.23. The molecule has 0 radical (unpaired) electrons. The zero-order valence-electron chi connectivity index (χ0n) is 10.3. The Balaban J connectivity index is 2.31. The Hall–Kier alpha value is -1.49. The van der Waals surface area contributed by atoms with E-state index in [0.29, 0.717) is 5.75 Å². The molecule has 0 spiro atoms. The Bertz CT molecular complexity index is 511. The summed E-state index contributed by atoms with van der Waals surface area (Å²) in [5.74, 6) is -0.390. The van der Waals surface area contributed by atoms with E-state index >= 15 is 0 Å². The van der Waals surface area contributed by atoms with Gasteiger partial charge in [0.15, 0.2) is 0 Å². The largest absolute Gasteiger partial charge is 0.481 e. The Labute approximate surface area is 110 Å². The molecule has 0 atom stereocenters. The van der Waals surface area contributed by atoms with Crippen LogP contribution in [0.15, 0.2) is 23.1 Å². The number of hydrogen-bond donors (Lipinski definition) is 2. The molecular weight excluding hydrogens is 250 g/mol. The monoisotopic (exact) mass is 265 g/mol. The maximum Gasteiger partial charge on any atom is 0.304 e. The molecule has 18 heavy (non-hydrogen) atoms. The van der Waals surface area contributed by atoms with Crippen molar-refractivity contribution in [2.45, 2.75) is 30.6 Å². The SMILES string of the molecule is CC(C)(CC(=O)O)c1ccc2c(c1)SCC(=O)N2. The first-order valence-corrected chi connectivity index (χ1v) is 6.66. The lowest BCUT2D eigenvalue weighted by molar-refractivity contribution is -0.138. The van der Waals surface area contributed by atoms with Gasteiger partial charge < -0.3 is 10.4 Å². The van der Waals surface area contributed by atoms with Crippen molar-refractivity contribution in [2.24, 2.45) is 0 Å². The molecule has 0 unspecified atom stereocenters. The highest BCUT2D eigenvalue weighted by Gasteiger charge is 2.26. The summed E-state index contributed by atoms with van der Waals surface area (Å²) in [6.07, 6.45) is 0.0861. The predicted octanol–water partition coefficient (Wildman–Crippen LogP) is 2.48. The number of fused-ring (bicyclic) bond motifs is 1. The van der Waals surface area contributed by atoms with Crippen LogP contribution in [0.5, 0.6) is 0 Å². The van der Waals surface area contributed by atoms with Gasteiger partial charge in [0.2, 0.25) is 5.91 Å². The highest BCUT2D eigenvalue weighted by Crippen LogP contribution is 2.36. The second-order valence-corrected chi connectivity index (χ2v) is 6.02. The molecule has 0 fully saturated rings. The molecule has 2 N–H and O–H groups in total. The summed E-state index contributed by atoms with van der Waals surface area (Å²) < 4.78 is 0. The van der Waals surface area contributed by atoms with Gasteiger partial charge in [-0.2, -0.15) is 0 Å². The fraction of sp³-hybridized carbons (Fsp3) is 0.385. The van der Waals surface area contributed by atoms with E-state index in [9.17, 15) is 9.59 Å². The third-order valence-electron chi connectivity index (χ3n) is 2.99. The minimum absolute atomic E-state index is 0.00467. The Morgan fingerprint density at radius 2 is 2.22 bits per heavy atom. The summed E-state index contributed by atoms with van der Waals surface area (Å²) in [7, 11) is 0. The second kappa shape index (κ2) is 4.65. The lowest BCUT2D eigenvalue weighted by atomic mass is 9.81. The molecule has 1 aromatic carbocycles. The molecule has 1 heterocycles. The molecule has 1 aromatic rings. The molecule has 1 amide bonds. The number of hydrogen-bond acceptors (Lipinski definition) is 3. The van der Waals surface area contributed by atoms with Crippen molar-refractivity contribution >= 4 is 29.3 Å². The molecule has 1 aliphatic heterocycles. The number of aliphatic carboxylic acids is 1. The van der Waals surface area contributed by atoms with E-state index in [4.69, 9.17) is 5.11 Å². The number of thioether (sulfide) groups is 1. The number of carboxylic acid groups (broad SMARTS) is 1. The summed E-state index contributed by atoms with van der Waals surface area (Å²) in [4.78, 5) is 23.1. The van der Waals surface area contributed by atoms with Crippen molar-refractivity contribution in [3.05, 3.63) is 23.8 Å². The zero-order chi connectivity index (χ0) is 13.3. The first kappa shape index (κ1) is 13.0. The third kappa shape index (κ3) is 2.67. The third-order valence-corrected chi connectivity index (χ3v) is 4.04. The van der Waals surface area contributed by atoms with E-state index in [-0.39, 0.29) is 12.3 Å². The summed E-state index contributed by atoms with van der Waals surface area (Å²) in [5.41, 5.74) is 1.38. The highest BCUT2D eigenvalue weighted by atomic mass is 32.2. The van der Waals surface area contributed by atoms with E-state index < -0.39 is 11.4 Å².